The second-order valence-corrected chi connectivity index (χ2v) is 23.4. The quantitative estimate of drug-likeness (QED) is 0.0492. The van der Waals surface area contributed by atoms with Crippen LogP contribution < -0.4 is 47.5 Å². The number of carbonyl (C=O) groups is 7. The van der Waals surface area contributed by atoms with Crippen molar-refractivity contribution in [2.24, 2.45) is 17.4 Å². The monoisotopic (exact) mass is 1320 g/mol. The summed E-state index contributed by atoms with van der Waals surface area (Å²) in [5, 5.41) is 101. The fourth-order valence-electron chi connectivity index (χ4n) is 10.9. The molecule has 0 bridgehead atoms. The molecule has 13 atom stereocenters. The molecule has 30 heteroatoms. The first-order valence-electron chi connectivity index (χ1n) is 29.4. The topological polar surface area (TPSA) is 424 Å². The van der Waals surface area contributed by atoms with Gasteiger partial charge in [0.25, 0.3) is 5.91 Å². The predicted octanol–water partition coefficient (Wildman–Crippen LogP) is -0.488. The molecule has 3 aliphatic rings. The number of hydrogen-bond acceptors (Lipinski definition) is 21. The van der Waals surface area contributed by atoms with E-state index in [2.05, 4.69) is 36.8 Å². The minimum Gasteiger partial charge on any atom is -0.504 e. The molecule has 0 saturated carbocycles. The molecule has 0 spiro atoms. The number of nitrogens with one attached hydrogen (secondary N) is 5. The van der Waals surface area contributed by atoms with Crippen molar-refractivity contribution < 1.29 is 78.8 Å². The van der Waals surface area contributed by atoms with Gasteiger partial charge in [0.15, 0.2) is 11.5 Å². The first kappa shape index (κ1) is 72.5. The Bertz CT molecular complexity index is 3300. The number of fused-ring (bicyclic) bond motifs is 2. The van der Waals surface area contributed by atoms with Gasteiger partial charge in [0.2, 0.25) is 35.4 Å². The Morgan fingerprint density at radius 3 is 1.91 bits per heavy atom. The number of aliphatic hydroxyl groups is 6. The van der Waals surface area contributed by atoms with E-state index in [4.69, 9.17) is 20.9 Å². The zero-order valence-electron chi connectivity index (χ0n) is 50.1. The molecule has 16 N–H and O–H groups in total. The number of benzene rings is 4. The van der Waals surface area contributed by atoms with Crippen LogP contribution in [0.4, 0.5) is 0 Å². The number of amides is 7. The smallest absolute Gasteiger partial charge is 0.251 e. The number of nitrogens with zero attached hydrogens (tertiary/aromatic N) is 4. The highest BCUT2D eigenvalue weighted by molar-refractivity contribution is 7.17. The van der Waals surface area contributed by atoms with Crippen LogP contribution in [0.3, 0.4) is 0 Å². The van der Waals surface area contributed by atoms with E-state index in [1.807, 2.05) is 55.5 Å². The second-order valence-electron chi connectivity index (χ2n) is 22.4. The number of rotatable bonds is 18. The van der Waals surface area contributed by atoms with Crippen molar-refractivity contribution in [3.63, 3.8) is 0 Å². The van der Waals surface area contributed by atoms with Crippen LogP contribution in [0, 0.1) is 5.92 Å². The lowest BCUT2D eigenvalue weighted by molar-refractivity contribution is -0.147. The van der Waals surface area contributed by atoms with Gasteiger partial charge in [-0.25, -0.2) is 0 Å². The van der Waals surface area contributed by atoms with E-state index in [9.17, 15) is 69.3 Å². The minimum absolute atomic E-state index is 0. The number of aromatic nitrogens is 2. The molecule has 0 aliphatic carbocycles. The number of phenolic OH excluding ortho intramolecular Hbond substituents is 1. The summed E-state index contributed by atoms with van der Waals surface area (Å²) in [5.41, 5.74) is 15.1. The van der Waals surface area contributed by atoms with Crippen LogP contribution in [0.25, 0.3) is 32.3 Å². The molecule has 27 nitrogen and oxygen atoms in total. The average molecular weight is 1330 g/mol. The molecule has 91 heavy (non-hydrogen) atoms. The summed E-state index contributed by atoms with van der Waals surface area (Å²) in [6, 6.07) is 14.8. The molecule has 0 radical (unpaired) electrons. The number of aromatic hydroxyl groups is 1. The van der Waals surface area contributed by atoms with Crippen LogP contribution in [-0.4, -0.2) is 216 Å². The summed E-state index contributed by atoms with van der Waals surface area (Å²) in [6.07, 6.45) is -11.4. The lowest BCUT2D eigenvalue weighted by Crippen LogP contribution is -2.64. The summed E-state index contributed by atoms with van der Waals surface area (Å²) in [4.78, 5) is 103. The van der Waals surface area contributed by atoms with Crippen LogP contribution in [0.2, 0.25) is 0 Å². The van der Waals surface area contributed by atoms with Gasteiger partial charge < -0.3 is 93.1 Å². The zero-order chi connectivity index (χ0) is 64.2. The molecular formula is C61H79Cl2N11O16S. The van der Waals surface area contributed by atoms with Crippen molar-refractivity contribution in [1.82, 2.24) is 46.6 Å². The van der Waals surface area contributed by atoms with Crippen molar-refractivity contribution in [2.75, 3.05) is 45.9 Å². The third-order valence-electron chi connectivity index (χ3n) is 15.7. The summed E-state index contributed by atoms with van der Waals surface area (Å²) in [7, 11) is 0. The van der Waals surface area contributed by atoms with Gasteiger partial charge in [-0.1, -0.05) is 72.9 Å². The Morgan fingerprint density at radius 2 is 1.30 bits per heavy atom. The van der Waals surface area contributed by atoms with E-state index < -0.39 is 152 Å². The molecule has 3 saturated heterocycles. The maximum atomic E-state index is 14.7. The fourth-order valence-corrected chi connectivity index (χ4v) is 11.7. The summed E-state index contributed by atoms with van der Waals surface area (Å²) in [5.74, 6) is -7.83. The van der Waals surface area contributed by atoms with Crippen molar-refractivity contribution >= 4 is 77.5 Å². The standard InChI is InChI=1S/C61H77N11O16S.2ClH/c1-4-87-41-17-15-35(16-18-41)34-7-11-37(12-8-34)58-69-70-59(89-58)38-13-9-36(10-14-38)53(80)65-42-26-39(74)28-64-57(84)51-52(79)31(2)29-72(51)61(86)50(45(77)20-22-63)68-56(83)49(46(78)24-33-6-19-44(76)47(25-33)88-23-5-21-62)67-55(82)43-27-40(75)30-71(43)60(85)48(32(3)73)66-54(42)81;;/h6-19,25,31-32,39-40,42-43,45-46,48-52,73-79H,4-5,20-24,26-30,62-63H2,1-3H3,(H,64,84)(H,65,80)(H,66,81)(H,67,82)(H,68,83);2*1H/t31-,32+,39+,40+,42-,43-,45+,46+,48-,49-,50-,51-,52-;;/m0../s1. The third-order valence-corrected chi connectivity index (χ3v) is 16.8. The maximum absolute atomic E-state index is 14.7. The molecule has 3 aliphatic heterocycles. The lowest BCUT2D eigenvalue weighted by Gasteiger charge is -2.34. The fraction of sp³-hybridized carbons (Fsp3) is 0.459. The molecule has 5 aromatic rings. The van der Waals surface area contributed by atoms with Gasteiger partial charge >= 0.3 is 0 Å². The first-order chi connectivity index (χ1) is 42.6. The molecule has 4 aromatic carbocycles. The molecule has 8 rings (SSSR count). The summed E-state index contributed by atoms with van der Waals surface area (Å²) < 4.78 is 11.2. The Kier molecular flexibility index (Phi) is 26.4. The molecule has 4 heterocycles. The Labute approximate surface area is 541 Å². The highest BCUT2D eigenvalue weighted by Gasteiger charge is 2.50. The first-order valence-corrected chi connectivity index (χ1v) is 30.2. The van der Waals surface area contributed by atoms with Crippen LogP contribution in [0.5, 0.6) is 17.2 Å². The number of ether oxygens (including phenoxy) is 2. The van der Waals surface area contributed by atoms with E-state index >= 15 is 0 Å². The number of nitrogens with two attached hydrogens (primary N) is 2. The molecule has 7 amide bonds. The van der Waals surface area contributed by atoms with E-state index in [0.29, 0.717) is 28.6 Å². The second kappa shape index (κ2) is 33.1. The van der Waals surface area contributed by atoms with Gasteiger partial charge in [0.1, 0.15) is 52.0 Å². The highest BCUT2D eigenvalue weighted by atomic mass is 35.5. The van der Waals surface area contributed by atoms with Gasteiger partial charge in [-0.3, -0.25) is 33.6 Å². The van der Waals surface area contributed by atoms with Crippen molar-refractivity contribution in [3.8, 4) is 49.5 Å². The lowest BCUT2D eigenvalue weighted by atomic mass is 9.98. The Morgan fingerprint density at radius 1 is 0.703 bits per heavy atom. The third kappa shape index (κ3) is 17.9. The summed E-state index contributed by atoms with van der Waals surface area (Å²) in [6.45, 7) is 3.86. The predicted molar refractivity (Wildman–Crippen MR) is 338 cm³/mol. The number of hydrogen-bond donors (Lipinski definition) is 14. The summed E-state index contributed by atoms with van der Waals surface area (Å²) >= 11 is 1.31. The van der Waals surface area contributed by atoms with Gasteiger partial charge in [0, 0.05) is 61.5 Å². The Hall–Kier alpha value is -7.61. The van der Waals surface area contributed by atoms with Crippen LogP contribution in [-0.2, 0) is 35.2 Å². The highest BCUT2D eigenvalue weighted by Crippen LogP contribution is 2.33. The zero-order valence-corrected chi connectivity index (χ0v) is 52.6. The minimum atomic E-state index is -2.04. The van der Waals surface area contributed by atoms with Crippen LogP contribution in [0.15, 0.2) is 91.0 Å². The number of carbonyl (C=O) groups excluding carboxylic acids is 7. The molecule has 1 aromatic heterocycles. The van der Waals surface area contributed by atoms with Gasteiger partial charge in [-0.05, 0) is 92.9 Å². The number of aliphatic hydroxyl groups excluding tert-OH is 6. The number of β-amino-alcohol motifs (C(OH)–C–C–N with tert-alkyl or cyclic N) is 1. The van der Waals surface area contributed by atoms with E-state index in [0.717, 1.165) is 39.2 Å². The SMILES string of the molecule is CCOc1ccc(-c2ccc(-c3nnc(-c4ccc(C(=O)N[C@H]5C[C@@H](O)CNC(=O)[C@@H]6[C@@H](O)[C@@H](C)CN6C(=O)[C@H]([C@H](O)CCN)NC(=O)[C@H]([C@H](O)Cc6ccc(O)c(OCCCN)c6)NC(=O)[C@@H]6C[C@@H](O)CN6C(=O)[C@H]([C@@H](C)O)NC5=O)cc4)s3)cc2)cc1.Cl.Cl. The van der Waals surface area contributed by atoms with Gasteiger partial charge in [-0.15, -0.1) is 35.0 Å². The van der Waals surface area contributed by atoms with Gasteiger partial charge in [0.05, 0.1) is 49.8 Å². The molecule has 0 unspecified atom stereocenters. The van der Waals surface area contributed by atoms with E-state index in [-0.39, 0.29) is 80.1 Å². The van der Waals surface area contributed by atoms with Crippen LogP contribution >= 0.6 is 36.2 Å². The number of phenols is 1. The largest absolute Gasteiger partial charge is 0.504 e. The van der Waals surface area contributed by atoms with Crippen molar-refractivity contribution in [3.05, 3.63) is 102 Å². The maximum Gasteiger partial charge on any atom is 0.251 e. The van der Waals surface area contributed by atoms with E-state index in [1.165, 1.54) is 48.6 Å². The molecule has 494 valence electrons. The van der Waals surface area contributed by atoms with Gasteiger partial charge in [-0.2, -0.15) is 0 Å². The Balaban J connectivity index is 0.00000658. The van der Waals surface area contributed by atoms with Crippen LogP contribution in [0.1, 0.15) is 62.4 Å². The van der Waals surface area contributed by atoms with Crippen molar-refractivity contribution in [1.29, 1.82) is 0 Å². The van der Waals surface area contributed by atoms with E-state index in [1.54, 1.807) is 12.1 Å². The molecule has 3 fully saturated rings. The molecular weight excluding hydrogens is 1250 g/mol. The normalized spacial score (nSPS) is 24.5. The van der Waals surface area contributed by atoms with Crippen molar-refractivity contribution in [2.45, 2.75) is 126 Å². The average Bonchev–Trinajstić information content (AvgIpc) is 1.96. The number of halogens is 2.